The lowest BCUT2D eigenvalue weighted by molar-refractivity contribution is -0.125. The normalized spacial score (nSPS) is 41.1. The molecule has 7 nitrogen and oxygen atoms in total. The molecule has 2 saturated carbocycles. The third-order valence-electron chi connectivity index (χ3n) is 8.08. The number of amides is 1. The minimum absolute atomic E-state index is 0.0254. The molecule has 1 amide bonds. The van der Waals surface area contributed by atoms with Gasteiger partial charge < -0.3 is 15.7 Å². The van der Waals surface area contributed by atoms with Gasteiger partial charge in [0.2, 0.25) is 5.91 Å². The second-order valence-corrected chi connectivity index (χ2v) is 10.3. The highest BCUT2D eigenvalue weighted by atomic mass is 16.3. The molecule has 4 aliphatic rings. The molecular formula is C22H41N5O2. The number of hydrogen-bond acceptors (Lipinski definition) is 6. The Morgan fingerprint density at radius 3 is 2.66 bits per heavy atom. The zero-order valence-corrected chi connectivity index (χ0v) is 18.4. The van der Waals surface area contributed by atoms with E-state index in [1.165, 1.54) is 12.8 Å². The van der Waals surface area contributed by atoms with Gasteiger partial charge in [-0.15, -0.1) is 0 Å². The quantitative estimate of drug-likeness (QED) is 0.454. The molecule has 2 aliphatic heterocycles. The third-order valence-corrected chi connectivity index (χ3v) is 8.08. The fourth-order valence-electron chi connectivity index (χ4n) is 5.89. The van der Waals surface area contributed by atoms with Crippen molar-refractivity contribution in [3.63, 3.8) is 0 Å². The van der Waals surface area contributed by atoms with E-state index >= 15 is 0 Å². The van der Waals surface area contributed by atoms with E-state index in [2.05, 4.69) is 40.2 Å². The van der Waals surface area contributed by atoms with E-state index in [9.17, 15) is 9.90 Å². The summed E-state index contributed by atoms with van der Waals surface area (Å²) in [6.45, 7) is 5.24. The van der Waals surface area contributed by atoms with Crippen molar-refractivity contribution >= 4 is 5.91 Å². The molecule has 166 valence electrons. The van der Waals surface area contributed by atoms with Gasteiger partial charge in [0.05, 0.1) is 18.8 Å². The van der Waals surface area contributed by atoms with Crippen LogP contribution in [0.3, 0.4) is 0 Å². The Balaban J connectivity index is 1.28. The largest absolute Gasteiger partial charge is 0.390 e. The fraction of sp³-hybridized carbons (Fsp3) is 0.955. The molecule has 0 aromatic carbocycles. The van der Waals surface area contributed by atoms with Crippen molar-refractivity contribution in [2.24, 2.45) is 23.7 Å². The zero-order chi connectivity index (χ0) is 20.5. The van der Waals surface area contributed by atoms with Crippen LogP contribution in [0.15, 0.2) is 0 Å². The number of carbonyl (C=O) groups excluding carboxylic acids is 1. The second kappa shape index (κ2) is 9.18. The lowest BCUT2D eigenvalue weighted by Crippen LogP contribution is -2.56. The molecule has 29 heavy (non-hydrogen) atoms. The van der Waals surface area contributed by atoms with E-state index in [0.29, 0.717) is 17.9 Å². The average Bonchev–Trinajstić information content (AvgIpc) is 3.47. The summed E-state index contributed by atoms with van der Waals surface area (Å²) in [5.74, 6) is 2.31. The van der Waals surface area contributed by atoms with Gasteiger partial charge >= 0.3 is 0 Å². The van der Waals surface area contributed by atoms with Crippen molar-refractivity contribution in [2.45, 2.75) is 95.6 Å². The summed E-state index contributed by atoms with van der Waals surface area (Å²) < 4.78 is 0. The molecule has 2 heterocycles. The second-order valence-electron chi connectivity index (χ2n) is 10.3. The molecule has 2 saturated heterocycles. The van der Waals surface area contributed by atoms with Crippen molar-refractivity contribution in [3.8, 4) is 0 Å². The number of hydrogen-bond donors (Lipinski definition) is 5. The van der Waals surface area contributed by atoms with Crippen LogP contribution < -0.4 is 21.5 Å². The molecule has 0 spiro atoms. The predicted molar refractivity (Wildman–Crippen MR) is 114 cm³/mol. The van der Waals surface area contributed by atoms with Gasteiger partial charge in [0.1, 0.15) is 6.17 Å². The zero-order valence-electron chi connectivity index (χ0n) is 18.4. The molecule has 0 aromatic heterocycles. The molecule has 0 bridgehead atoms. The number of nitrogens with zero attached hydrogens (tertiary/aromatic N) is 1. The van der Waals surface area contributed by atoms with Crippen LogP contribution in [0.4, 0.5) is 0 Å². The first kappa shape index (κ1) is 21.5. The Hall–Kier alpha value is -0.730. The highest BCUT2D eigenvalue weighted by molar-refractivity contribution is 5.82. The minimum atomic E-state index is -0.421. The van der Waals surface area contributed by atoms with E-state index in [0.717, 1.165) is 51.1 Å². The first-order chi connectivity index (χ1) is 13.9. The summed E-state index contributed by atoms with van der Waals surface area (Å²) in [5.41, 5.74) is 6.29. The van der Waals surface area contributed by atoms with Gasteiger partial charge in [0.25, 0.3) is 0 Å². The maximum atomic E-state index is 13.0. The summed E-state index contributed by atoms with van der Waals surface area (Å²) in [4.78, 5) is 15.1. The van der Waals surface area contributed by atoms with Gasteiger partial charge in [-0.3, -0.25) is 9.69 Å². The van der Waals surface area contributed by atoms with Crippen LogP contribution in [0.5, 0.6) is 0 Å². The van der Waals surface area contributed by atoms with Crippen molar-refractivity contribution in [3.05, 3.63) is 0 Å². The SMILES string of the molecule is CC1CCC(C(=O)NC2CCCC([C@@H](C)[C@H](O)C3NNCN3C)C2)NC1C1CC1. The molecule has 4 rings (SSSR count). The summed E-state index contributed by atoms with van der Waals surface area (Å²) >= 11 is 0. The van der Waals surface area contributed by atoms with Crippen LogP contribution >= 0.6 is 0 Å². The molecule has 7 heteroatoms. The Morgan fingerprint density at radius 1 is 1.17 bits per heavy atom. The van der Waals surface area contributed by atoms with Crippen LogP contribution in [-0.4, -0.2) is 60.0 Å². The Morgan fingerprint density at radius 2 is 1.97 bits per heavy atom. The number of piperidine rings is 1. The third kappa shape index (κ3) is 4.96. The highest BCUT2D eigenvalue weighted by Gasteiger charge is 2.41. The fourth-order valence-corrected chi connectivity index (χ4v) is 5.89. The molecule has 5 N–H and O–H groups in total. The number of rotatable bonds is 6. The monoisotopic (exact) mass is 407 g/mol. The van der Waals surface area contributed by atoms with Gasteiger partial charge in [-0.25, -0.2) is 10.9 Å². The molecule has 2 aliphatic carbocycles. The van der Waals surface area contributed by atoms with E-state index in [-0.39, 0.29) is 30.1 Å². The number of hydrazine groups is 1. The molecule has 8 atom stereocenters. The van der Waals surface area contributed by atoms with E-state index < -0.39 is 6.10 Å². The smallest absolute Gasteiger partial charge is 0.237 e. The summed E-state index contributed by atoms with van der Waals surface area (Å²) in [6.07, 6.45) is 8.57. The first-order valence-corrected chi connectivity index (χ1v) is 11.9. The lowest BCUT2D eigenvalue weighted by atomic mass is 9.75. The van der Waals surface area contributed by atoms with Crippen LogP contribution in [-0.2, 0) is 4.79 Å². The van der Waals surface area contributed by atoms with Gasteiger partial charge in [-0.1, -0.05) is 20.3 Å². The predicted octanol–water partition coefficient (Wildman–Crippen LogP) is 1.15. The number of carbonyl (C=O) groups is 1. The lowest BCUT2D eigenvalue weighted by Gasteiger charge is -2.39. The maximum Gasteiger partial charge on any atom is 0.237 e. The van der Waals surface area contributed by atoms with E-state index in [1.54, 1.807) is 0 Å². The molecule has 4 fully saturated rings. The van der Waals surface area contributed by atoms with Crippen molar-refractivity contribution in [2.75, 3.05) is 13.7 Å². The Bertz CT molecular complexity index is 571. The van der Waals surface area contributed by atoms with E-state index in [1.807, 2.05) is 7.05 Å². The van der Waals surface area contributed by atoms with E-state index in [4.69, 9.17) is 0 Å². The number of likely N-dealkylation sites (N-methyl/N-ethyl adjacent to an activating group) is 1. The number of nitrogens with one attached hydrogen (secondary N) is 4. The summed E-state index contributed by atoms with van der Waals surface area (Å²) in [5, 5.41) is 17.9. The molecular weight excluding hydrogens is 366 g/mol. The maximum absolute atomic E-state index is 13.0. The highest BCUT2D eigenvalue weighted by Crippen LogP contribution is 2.39. The van der Waals surface area contributed by atoms with Crippen molar-refractivity contribution < 1.29 is 9.90 Å². The van der Waals surface area contributed by atoms with Crippen molar-refractivity contribution in [1.82, 2.24) is 26.4 Å². The van der Waals surface area contributed by atoms with Crippen LogP contribution in [0.1, 0.15) is 65.2 Å². The van der Waals surface area contributed by atoms with Crippen LogP contribution in [0, 0.1) is 23.7 Å². The minimum Gasteiger partial charge on any atom is -0.390 e. The first-order valence-electron chi connectivity index (χ1n) is 11.9. The molecule has 0 aromatic rings. The Kier molecular flexibility index (Phi) is 6.81. The van der Waals surface area contributed by atoms with Crippen LogP contribution in [0.2, 0.25) is 0 Å². The average molecular weight is 408 g/mol. The summed E-state index contributed by atoms with van der Waals surface area (Å²) in [7, 11) is 2.02. The number of aliphatic hydroxyl groups excluding tert-OH is 1. The Labute approximate surface area is 175 Å². The topological polar surface area (TPSA) is 88.7 Å². The van der Waals surface area contributed by atoms with Gasteiger partial charge in [-0.2, -0.15) is 0 Å². The number of aliphatic hydroxyl groups is 1. The van der Waals surface area contributed by atoms with Gasteiger partial charge in [-0.05, 0) is 75.7 Å². The molecule has 0 radical (unpaired) electrons. The van der Waals surface area contributed by atoms with Crippen molar-refractivity contribution in [1.29, 1.82) is 0 Å². The molecule has 6 unspecified atom stereocenters. The van der Waals surface area contributed by atoms with Gasteiger partial charge in [0.15, 0.2) is 0 Å². The standard InChI is InChI=1S/C22H41N5O2/c1-13-7-10-18(25-19(13)15-8-9-15)22(29)24-17-6-4-5-16(11-17)14(2)20(28)21-26-23-12-27(21)3/h13-21,23,25-26,28H,4-12H2,1-3H3,(H,24,29)/t13?,14-,16?,17?,18?,19?,20+,21?/m1/s1. The van der Waals surface area contributed by atoms with Gasteiger partial charge in [0, 0.05) is 12.1 Å². The summed E-state index contributed by atoms with van der Waals surface area (Å²) in [6, 6.07) is 0.740. The van der Waals surface area contributed by atoms with Crippen LogP contribution in [0.25, 0.3) is 0 Å².